The summed E-state index contributed by atoms with van der Waals surface area (Å²) in [7, 11) is 0. The largest absolute Gasteiger partial charge is 0.466 e. The SMILES string of the molecule is CCOC(=O)CC[C@H](NC(=O)c1ccc(C=Cc2cnc(N)nc2N)cc1)C(=O)OCC. The normalized spacial score (nSPS) is 11.7. The van der Waals surface area contributed by atoms with Gasteiger partial charge in [0.25, 0.3) is 5.91 Å². The van der Waals surface area contributed by atoms with Gasteiger partial charge in [-0.1, -0.05) is 18.2 Å². The van der Waals surface area contributed by atoms with E-state index >= 15 is 0 Å². The van der Waals surface area contributed by atoms with Crippen molar-refractivity contribution in [3.8, 4) is 0 Å². The van der Waals surface area contributed by atoms with Crippen molar-refractivity contribution in [2.24, 2.45) is 0 Å². The lowest BCUT2D eigenvalue weighted by atomic mass is 10.1. The molecular weight excluding hydrogens is 414 g/mol. The van der Waals surface area contributed by atoms with Crippen LogP contribution in [0.3, 0.4) is 0 Å². The van der Waals surface area contributed by atoms with Gasteiger partial charge in [-0.25, -0.2) is 9.78 Å². The molecule has 0 fully saturated rings. The van der Waals surface area contributed by atoms with Crippen LogP contribution in [0.2, 0.25) is 0 Å². The first-order chi connectivity index (χ1) is 15.3. The number of nitrogens with two attached hydrogens (primary N) is 2. The summed E-state index contributed by atoms with van der Waals surface area (Å²) < 4.78 is 9.87. The van der Waals surface area contributed by atoms with Gasteiger partial charge in [0.1, 0.15) is 11.9 Å². The summed E-state index contributed by atoms with van der Waals surface area (Å²) in [5.74, 6) is -1.15. The van der Waals surface area contributed by atoms with Crippen LogP contribution in [0.4, 0.5) is 11.8 Å². The summed E-state index contributed by atoms with van der Waals surface area (Å²) >= 11 is 0. The summed E-state index contributed by atoms with van der Waals surface area (Å²) in [6, 6.07) is 5.74. The molecule has 10 nitrogen and oxygen atoms in total. The van der Waals surface area contributed by atoms with Gasteiger partial charge in [0.05, 0.1) is 13.2 Å². The van der Waals surface area contributed by atoms with Crippen molar-refractivity contribution in [3.05, 3.63) is 47.2 Å². The van der Waals surface area contributed by atoms with Crippen LogP contribution in [0.1, 0.15) is 48.2 Å². The maximum absolute atomic E-state index is 12.6. The molecule has 0 saturated carbocycles. The molecule has 0 saturated heterocycles. The molecule has 0 bridgehead atoms. The molecule has 1 atom stereocenters. The monoisotopic (exact) mass is 441 g/mol. The number of ether oxygens (including phenoxy) is 2. The van der Waals surface area contributed by atoms with Gasteiger partial charge in [0.2, 0.25) is 5.95 Å². The smallest absolute Gasteiger partial charge is 0.328 e. The number of aromatic nitrogens is 2. The second kappa shape index (κ2) is 12.0. The van der Waals surface area contributed by atoms with Crippen LogP contribution in [0, 0.1) is 0 Å². The van der Waals surface area contributed by atoms with E-state index in [1.807, 2.05) is 0 Å². The van der Waals surface area contributed by atoms with E-state index in [1.54, 1.807) is 50.3 Å². The summed E-state index contributed by atoms with van der Waals surface area (Å²) in [5, 5.41) is 2.62. The second-order valence-electron chi connectivity index (χ2n) is 6.65. The topological polar surface area (TPSA) is 160 Å². The zero-order valence-corrected chi connectivity index (χ0v) is 18.0. The molecule has 0 unspecified atom stereocenters. The summed E-state index contributed by atoms with van der Waals surface area (Å²) in [4.78, 5) is 44.2. The van der Waals surface area contributed by atoms with Crippen LogP contribution in [-0.4, -0.2) is 47.1 Å². The summed E-state index contributed by atoms with van der Waals surface area (Å²) in [6.07, 6.45) is 5.10. The van der Waals surface area contributed by atoms with Crippen molar-refractivity contribution in [2.75, 3.05) is 24.7 Å². The number of nitrogens with one attached hydrogen (secondary N) is 1. The van der Waals surface area contributed by atoms with Crippen molar-refractivity contribution in [1.29, 1.82) is 0 Å². The highest BCUT2D eigenvalue weighted by Crippen LogP contribution is 2.14. The Morgan fingerprint density at radius 3 is 2.38 bits per heavy atom. The van der Waals surface area contributed by atoms with E-state index in [0.717, 1.165) is 5.56 Å². The molecule has 0 aliphatic carbocycles. The predicted molar refractivity (Wildman–Crippen MR) is 120 cm³/mol. The zero-order chi connectivity index (χ0) is 23.5. The number of carbonyl (C=O) groups is 3. The molecule has 0 spiro atoms. The minimum Gasteiger partial charge on any atom is -0.466 e. The Morgan fingerprint density at radius 2 is 1.75 bits per heavy atom. The molecule has 170 valence electrons. The second-order valence-corrected chi connectivity index (χ2v) is 6.65. The number of nitrogens with zero attached hydrogens (tertiary/aromatic N) is 2. The molecule has 0 radical (unpaired) electrons. The molecule has 10 heteroatoms. The van der Waals surface area contributed by atoms with Crippen LogP contribution >= 0.6 is 0 Å². The van der Waals surface area contributed by atoms with E-state index in [9.17, 15) is 14.4 Å². The van der Waals surface area contributed by atoms with Crippen LogP contribution in [0.25, 0.3) is 12.2 Å². The van der Waals surface area contributed by atoms with Gasteiger partial charge >= 0.3 is 11.9 Å². The average molecular weight is 441 g/mol. The Balaban J connectivity index is 2.04. The lowest BCUT2D eigenvalue weighted by molar-refractivity contribution is -0.146. The number of nitrogen functional groups attached to an aromatic ring is 2. The molecule has 2 rings (SSSR count). The predicted octanol–water partition coefficient (Wildman–Crippen LogP) is 1.82. The Hall–Kier alpha value is -3.95. The van der Waals surface area contributed by atoms with E-state index in [-0.39, 0.29) is 37.8 Å². The van der Waals surface area contributed by atoms with E-state index in [4.69, 9.17) is 20.9 Å². The van der Waals surface area contributed by atoms with Gasteiger partial charge in [-0.3, -0.25) is 9.59 Å². The molecule has 0 aliphatic rings. The highest BCUT2D eigenvalue weighted by molar-refractivity contribution is 5.97. The van der Waals surface area contributed by atoms with Crippen LogP contribution in [0.5, 0.6) is 0 Å². The summed E-state index contributed by atoms with van der Waals surface area (Å²) in [6.45, 7) is 3.77. The fourth-order valence-electron chi connectivity index (χ4n) is 2.71. The number of hydrogen-bond acceptors (Lipinski definition) is 9. The van der Waals surface area contributed by atoms with Crippen molar-refractivity contribution in [3.63, 3.8) is 0 Å². The highest BCUT2D eigenvalue weighted by atomic mass is 16.5. The number of benzene rings is 1. The van der Waals surface area contributed by atoms with E-state index in [0.29, 0.717) is 11.1 Å². The molecule has 5 N–H and O–H groups in total. The third-order valence-electron chi connectivity index (χ3n) is 4.31. The van der Waals surface area contributed by atoms with Gasteiger partial charge < -0.3 is 26.3 Å². The maximum atomic E-state index is 12.6. The Kier molecular flexibility index (Phi) is 9.15. The Bertz CT molecular complexity index is 975. The first-order valence-corrected chi connectivity index (χ1v) is 10.1. The molecular formula is C22H27N5O5. The van der Waals surface area contributed by atoms with Gasteiger partial charge in [0, 0.05) is 23.7 Å². The Morgan fingerprint density at radius 1 is 1.06 bits per heavy atom. The third kappa shape index (κ3) is 7.38. The number of amides is 1. The first kappa shape index (κ1) is 24.3. The number of esters is 2. The van der Waals surface area contributed by atoms with Crippen molar-refractivity contribution >= 4 is 41.8 Å². The third-order valence-corrected chi connectivity index (χ3v) is 4.31. The molecule has 1 aromatic carbocycles. The van der Waals surface area contributed by atoms with Crippen LogP contribution in [-0.2, 0) is 19.1 Å². The zero-order valence-electron chi connectivity index (χ0n) is 18.0. The Labute approximate surface area is 186 Å². The highest BCUT2D eigenvalue weighted by Gasteiger charge is 2.23. The lowest BCUT2D eigenvalue weighted by Gasteiger charge is -2.17. The van der Waals surface area contributed by atoms with Crippen molar-refractivity contribution in [1.82, 2.24) is 15.3 Å². The van der Waals surface area contributed by atoms with E-state index < -0.39 is 23.9 Å². The van der Waals surface area contributed by atoms with Gasteiger partial charge in [-0.2, -0.15) is 4.98 Å². The number of hydrogen-bond donors (Lipinski definition) is 3. The number of carbonyl (C=O) groups excluding carboxylic acids is 3. The van der Waals surface area contributed by atoms with E-state index in [2.05, 4.69) is 15.3 Å². The van der Waals surface area contributed by atoms with Crippen LogP contribution < -0.4 is 16.8 Å². The first-order valence-electron chi connectivity index (χ1n) is 10.1. The van der Waals surface area contributed by atoms with Gasteiger partial charge in [0.15, 0.2) is 0 Å². The molecule has 1 heterocycles. The standard InChI is InChI=1S/C22H27N5O5/c1-3-31-18(28)12-11-17(21(30)32-4-2)26-20(29)15-8-5-14(6-9-15)7-10-16-13-25-22(24)27-19(16)23/h5-10,13,17H,3-4,11-12H2,1-2H3,(H,26,29)(H4,23,24,25,27)/t17-/m0/s1. The lowest BCUT2D eigenvalue weighted by Crippen LogP contribution is -2.42. The van der Waals surface area contributed by atoms with Crippen molar-refractivity contribution < 1.29 is 23.9 Å². The number of anilines is 2. The van der Waals surface area contributed by atoms with Crippen LogP contribution in [0.15, 0.2) is 30.5 Å². The minimum absolute atomic E-state index is 0.0146. The van der Waals surface area contributed by atoms with Crippen molar-refractivity contribution in [2.45, 2.75) is 32.7 Å². The molecule has 1 amide bonds. The molecule has 2 aromatic rings. The number of rotatable bonds is 10. The average Bonchev–Trinajstić information content (AvgIpc) is 2.76. The minimum atomic E-state index is -0.958. The molecule has 1 aromatic heterocycles. The quantitative estimate of drug-likeness (QED) is 0.467. The fourth-order valence-corrected chi connectivity index (χ4v) is 2.71. The van der Waals surface area contributed by atoms with Gasteiger partial charge in [-0.15, -0.1) is 0 Å². The molecule has 0 aliphatic heterocycles. The molecule has 32 heavy (non-hydrogen) atoms. The summed E-state index contributed by atoms with van der Waals surface area (Å²) in [5.41, 5.74) is 13.0. The van der Waals surface area contributed by atoms with Gasteiger partial charge in [-0.05, 0) is 44.0 Å². The van der Waals surface area contributed by atoms with E-state index in [1.165, 1.54) is 6.20 Å². The fraction of sp³-hybridized carbons (Fsp3) is 0.318. The maximum Gasteiger partial charge on any atom is 0.328 e.